The van der Waals surface area contributed by atoms with Crippen LogP contribution in [0.3, 0.4) is 0 Å². The first kappa shape index (κ1) is 16.0. The lowest BCUT2D eigenvalue weighted by Crippen LogP contribution is -2.42. The number of hydrogen-bond acceptors (Lipinski definition) is 2. The maximum atomic E-state index is 12.2. The summed E-state index contributed by atoms with van der Waals surface area (Å²) < 4.78 is 0. The van der Waals surface area contributed by atoms with Crippen LogP contribution in [0.5, 0.6) is 0 Å². The van der Waals surface area contributed by atoms with E-state index >= 15 is 0 Å². The minimum absolute atomic E-state index is 0.186. The number of amides is 2. The summed E-state index contributed by atoms with van der Waals surface area (Å²) in [4.78, 5) is 28.1. The molecule has 0 atom stereocenters. The Bertz CT molecular complexity index is 332. The summed E-state index contributed by atoms with van der Waals surface area (Å²) in [6.07, 6.45) is 1.48. The summed E-state index contributed by atoms with van der Waals surface area (Å²) in [5.41, 5.74) is -0.336. The molecule has 1 heterocycles. The second-order valence-electron chi connectivity index (χ2n) is 6.87. The van der Waals surface area contributed by atoms with E-state index in [-0.39, 0.29) is 17.2 Å². The highest BCUT2D eigenvalue weighted by Gasteiger charge is 2.29. The van der Waals surface area contributed by atoms with Crippen LogP contribution < -0.4 is 0 Å². The number of carbonyl (C=O) groups is 2. The Morgan fingerprint density at radius 2 is 1.53 bits per heavy atom. The molecule has 0 aromatic carbocycles. The maximum absolute atomic E-state index is 12.2. The highest BCUT2D eigenvalue weighted by Crippen LogP contribution is 2.19. The number of hydrogen-bond donors (Lipinski definition) is 0. The fourth-order valence-corrected chi connectivity index (χ4v) is 2.32. The van der Waals surface area contributed by atoms with Crippen LogP contribution in [0, 0.1) is 11.3 Å². The number of carbonyl (C=O) groups excluding carboxylic acids is 2. The first-order valence-corrected chi connectivity index (χ1v) is 7.29. The van der Waals surface area contributed by atoms with Crippen LogP contribution in [0.1, 0.15) is 47.5 Å². The predicted octanol–water partition coefficient (Wildman–Crippen LogP) is 2.14. The molecule has 0 unspecified atom stereocenters. The zero-order valence-corrected chi connectivity index (χ0v) is 13.0. The van der Waals surface area contributed by atoms with E-state index in [0.717, 1.165) is 19.5 Å². The van der Waals surface area contributed by atoms with Gasteiger partial charge in [-0.3, -0.25) is 9.59 Å². The van der Waals surface area contributed by atoms with Crippen LogP contribution in [-0.4, -0.2) is 47.8 Å². The van der Waals surface area contributed by atoms with Crippen molar-refractivity contribution in [2.45, 2.75) is 47.5 Å². The minimum atomic E-state index is -0.336. The summed E-state index contributed by atoms with van der Waals surface area (Å²) in [6, 6.07) is 0. The van der Waals surface area contributed by atoms with Crippen molar-refractivity contribution in [2.24, 2.45) is 11.3 Å². The van der Waals surface area contributed by atoms with E-state index in [1.807, 2.05) is 30.6 Å². The van der Waals surface area contributed by atoms with Gasteiger partial charge in [0.25, 0.3) is 0 Å². The summed E-state index contributed by atoms with van der Waals surface area (Å²) in [5.74, 6) is 0.800. The van der Waals surface area contributed by atoms with Gasteiger partial charge in [0.2, 0.25) is 11.8 Å². The molecule has 0 aliphatic carbocycles. The van der Waals surface area contributed by atoms with Crippen molar-refractivity contribution >= 4 is 11.8 Å². The molecule has 0 N–H and O–H groups in total. The molecular formula is C15H28N2O2. The standard InChI is InChI=1S/C15H28N2O2/c1-12(2)11-13(18)16-7-6-8-17(10-9-16)14(19)15(3,4)5/h12H,6-11H2,1-5H3. The summed E-state index contributed by atoms with van der Waals surface area (Å²) >= 11 is 0. The molecular weight excluding hydrogens is 240 g/mol. The lowest BCUT2D eigenvalue weighted by molar-refractivity contribution is -0.140. The fourth-order valence-electron chi connectivity index (χ4n) is 2.32. The van der Waals surface area contributed by atoms with Crippen molar-refractivity contribution < 1.29 is 9.59 Å². The Morgan fingerprint density at radius 1 is 1.00 bits per heavy atom. The van der Waals surface area contributed by atoms with Gasteiger partial charge >= 0.3 is 0 Å². The Balaban J connectivity index is 2.57. The normalized spacial score (nSPS) is 17.6. The minimum Gasteiger partial charge on any atom is -0.341 e. The Hall–Kier alpha value is -1.06. The van der Waals surface area contributed by atoms with E-state index in [9.17, 15) is 9.59 Å². The van der Waals surface area contributed by atoms with E-state index in [1.165, 1.54) is 0 Å². The van der Waals surface area contributed by atoms with Crippen molar-refractivity contribution in [2.75, 3.05) is 26.2 Å². The molecule has 1 fully saturated rings. The third kappa shape index (κ3) is 4.84. The Morgan fingerprint density at radius 3 is 2.05 bits per heavy atom. The van der Waals surface area contributed by atoms with Gasteiger partial charge < -0.3 is 9.80 Å². The predicted molar refractivity (Wildman–Crippen MR) is 76.7 cm³/mol. The third-order valence-corrected chi connectivity index (χ3v) is 3.36. The molecule has 4 nitrogen and oxygen atoms in total. The SMILES string of the molecule is CC(C)CC(=O)N1CCCN(C(=O)C(C)(C)C)CC1. The van der Waals surface area contributed by atoms with Crippen LogP contribution in [-0.2, 0) is 9.59 Å². The molecule has 1 saturated heterocycles. The van der Waals surface area contributed by atoms with Gasteiger partial charge in [0.15, 0.2) is 0 Å². The highest BCUT2D eigenvalue weighted by molar-refractivity contribution is 5.82. The second kappa shape index (κ2) is 6.40. The van der Waals surface area contributed by atoms with Gasteiger partial charge in [-0.15, -0.1) is 0 Å². The fraction of sp³-hybridized carbons (Fsp3) is 0.867. The largest absolute Gasteiger partial charge is 0.341 e. The molecule has 0 aromatic heterocycles. The van der Waals surface area contributed by atoms with Gasteiger partial charge in [-0.25, -0.2) is 0 Å². The van der Waals surface area contributed by atoms with Crippen LogP contribution in [0.15, 0.2) is 0 Å². The van der Waals surface area contributed by atoms with Gasteiger partial charge in [-0.2, -0.15) is 0 Å². The first-order chi connectivity index (χ1) is 8.71. The summed E-state index contributed by atoms with van der Waals surface area (Å²) in [6.45, 7) is 12.8. The van der Waals surface area contributed by atoms with Gasteiger partial charge in [-0.05, 0) is 12.3 Å². The average molecular weight is 268 g/mol. The van der Waals surface area contributed by atoms with Crippen molar-refractivity contribution in [1.29, 1.82) is 0 Å². The van der Waals surface area contributed by atoms with E-state index in [4.69, 9.17) is 0 Å². The van der Waals surface area contributed by atoms with Gasteiger partial charge in [-0.1, -0.05) is 34.6 Å². The Kier molecular flexibility index (Phi) is 5.39. The van der Waals surface area contributed by atoms with E-state index in [1.54, 1.807) is 0 Å². The Labute approximate surface area is 117 Å². The van der Waals surface area contributed by atoms with E-state index in [0.29, 0.717) is 25.4 Å². The maximum Gasteiger partial charge on any atom is 0.228 e. The third-order valence-electron chi connectivity index (χ3n) is 3.36. The first-order valence-electron chi connectivity index (χ1n) is 7.29. The molecule has 110 valence electrons. The van der Waals surface area contributed by atoms with Gasteiger partial charge in [0.1, 0.15) is 0 Å². The molecule has 1 aliphatic heterocycles. The molecule has 0 aromatic rings. The molecule has 0 radical (unpaired) electrons. The molecule has 0 spiro atoms. The molecule has 1 aliphatic rings. The van der Waals surface area contributed by atoms with E-state index in [2.05, 4.69) is 13.8 Å². The van der Waals surface area contributed by atoms with Gasteiger partial charge in [0, 0.05) is 38.0 Å². The van der Waals surface area contributed by atoms with Crippen molar-refractivity contribution in [1.82, 2.24) is 9.80 Å². The zero-order valence-electron chi connectivity index (χ0n) is 13.0. The molecule has 2 amide bonds. The average Bonchev–Trinajstić information content (AvgIpc) is 2.51. The topological polar surface area (TPSA) is 40.6 Å². The van der Waals surface area contributed by atoms with E-state index < -0.39 is 0 Å². The highest BCUT2D eigenvalue weighted by atomic mass is 16.2. The monoisotopic (exact) mass is 268 g/mol. The lowest BCUT2D eigenvalue weighted by Gasteiger charge is -2.28. The smallest absolute Gasteiger partial charge is 0.228 e. The summed E-state index contributed by atoms with van der Waals surface area (Å²) in [5, 5.41) is 0. The van der Waals surface area contributed by atoms with Crippen LogP contribution in [0.4, 0.5) is 0 Å². The van der Waals surface area contributed by atoms with Crippen LogP contribution >= 0.6 is 0 Å². The quantitative estimate of drug-likeness (QED) is 0.770. The van der Waals surface area contributed by atoms with Crippen molar-refractivity contribution in [3.63, 3.8) is 0 Å². The summed E-state index contributed by atoms with van der Waals surface area (Å²) in [7, 11) is 0. The van der Waals surface area contributed by atoms with Crippen LogP contribution in [0.25, 0.3) is 0 Å². The lowest BCUT2D eigenvalue weighted by atomic mass is 9.94. The molecule has 1 rings (SSSR count). The van der Waals surface area contributed by atoms with Crippen molar-refractivity contribution in [3.05, 3.63) is 0 Å². The van der Waals surface area contributed by atoms with Gasteiger partial charge in [0.05, 0.1) is 0 Å². The molecule has 19 heavy (non-hydrogen) atoms. The number of rotatable bonds is 2. The van der Waals surface area contributed by atoms with Crippen molar-refractivity contribution in [3.8, 4) is 0 Å². The number of nitrogens with zero attached hydrogens (tertiary/aromatic N) is 2. The molecule has 0 saturated carbocycles. The van der Waals surface area contributed by atoms with Crippen LogP contribution in [0.2, 0.25) is 0 Å². The second-order valence-corrected chi connectivity index (χ2v) is 6.87. The molecule has 4 heteroatoms. The molecule has 0 bridgehead atoms. The zero-order chi connectivity index (χ0) is 14.6.